The van der Waals surface area contributed by atoms with Gasteiger partial charge in [-0.05, 0) is 38.7 Å². The first-order valence-electron chi connectivity index (χ1n) is 8.73. The standard InChI is InChI=1S/C17H21N3O4S2/c1-10-11(2)25-16-15(10)17(22)19(9-18-16)7-14(21)20(12-3-4-12)13-5-6-26(23,24)8-13/h9,12-13H,3-8H2,1-2H3. The van der Waals surface area contributed by atoms with Crippen molar-refractivity contribution in [1.82, 2.24) is 14.5 Å². The van der Waals surface area contributed by atoms with Gasteiger partial charge in [0, 0.05) is 17.0 Å². The van der Waals surface area contributed by atoms with Gasteiger partial charge < -0.3 is 4.90 Å². The van der Waals surface area contributed by atoms with E-state index in [1.807, 2.05) is 13.8 Å². The van der Waals surface area contributed by atoms with E-state index in [2.05, 4.69) is 4.98 Å². The number of sulfone groups is 1. The molecule has 1 amide bonds. The number of fused-ring (bicyclic) bond motifs is 1. The van der Waals surface area contributed by atoms with Gasteiger partial charge in [-0.25, -0.2) is 13.4 Å². The number of hydrogen-bond donors (Lipinski definition) is 0. The van der Waals surface area contributed by atoms with Crippen LogP contribution >= 0.6 is 11.3 Å². The van der Waals surface area contributed by atoms with E-state index in [0.717, 1.165) is 23.3 Å². The molecule has 2 fully saturated rings. The summed E-state index contributed by atoms with van der Waals surface area (Å²) in [5, 5.41) is 0.573. The lowest BCUT2D eigenvalue weighted by atomic mass is 10.2. The van der Waals surface area contributed by atoms with Crippen molar-refractivity contribution in [1.29, 1.82) is 0 Å². The number of nitrogens with zero attached hydrogens (tertiary/aromatic N) is 3. The summed E-state index contributed by atoms with van der Waals surface area (Å²) in [5.41, 5.74) is 0.699. The fourth-order valence-corrected chi connectivity index (χ4v) is 6.36. The van der Waals surface area contributed by atoms with Crippen LogP contribution in [0.1, 0.15) is 29.7 Å². The lowest BCUT2D eigenvalue weighted by Crippen LogP contribution is -2.45. The number of carbonyl (C=O) groups is 1. The Kier molecular flexibility index (Phi) is 4.18. The lowest BCUT2D eigenvalue weighted by molar-refractivity contribution is -0.134. The molecule has 9 heteroatoms. The molecule has 1 saturated heterocycles. The van der Waals surface area contributed by atoms with E-state index in [-0.39, 0.29) is 41.6 Å². The number of hydrogen-bond acceptors (Lipinski definition) is 6. The summed E-state index contributed by atoms with van der Waals surface area (Å²) in [6.07, 6.45) is 3.71. The first kappa shape index (κ1) is 17.7. The number of carbonyl (C=O) groups excluding carboxylic acids is 1. The van der Waals surface area contributed by atoms with E-state index in [4.69, 9.17) is 0 Å². The Bertz CT molecular complexity index is 1050. The van der Waals surface area contributed by atoms with Crippen LogP contribution in [0.15, 0.2) is 11.1 Å². The van der Waals surface area contributed by atoms with Crippen molar-refractivity contribution in [3.63, 3.8) is 0 Å². The molecule has 26 heavy (non-hydrogen) atoms. The molecule has 3 heterocycles. The molecule has 7 nitrogen and oxygen atoms in total. The van der Waals surface area contributed by atoms with Crippen molar-refractivity contribution in [3.05, 3.63) is 27.1 Å². The van der Waals surface area contributed by atoms with E-state index in [0.29, 0.717) is 16.6 Å². The van der Waals surface area contributed by atoms with E-state index >= 15 is 0 Å². The van der Waals surface area contributed by atoms with Gasteiger partial charge in [-0.3, -0.25) is 14.2 Å². The normalized spacial score (nSPS) is 22.0. The van der Waals surface area contributed by atoms with Gasteiger partial charge in [-0.2, -0.15) is 0 Å². The molecule has 1 unspecified atom stereocenters. The van der Waals surface area contributed by atoms with Gasteiger partial charge in [0.05, 0.1) is 23.2 Å². The molecule has 1 saturated carbocycles. The zero-order chi connectivity index (χ0) is 18.6. The Labute approximate surface area is 155 Å². The van der Waals surface area contributed by atoms with Gasteiger partial charge in [0.1, 0.15) is 11.4 Å². The quantitative estimate of drug-likeness (QED) is 0.777. The average Bonchev–Trinajstić information content (AvgIpc) is 3.26. The smallest absolute Gasteiger partial charge is 0.262 e. The van der Waals surface area contributed by atoms with Crippen molar-refractivity contribution in [2.24, 2.45) is 0 Å². The van der Waals surface area contributed by atoms with E-state index in [1.54, 1.807) is 4.90 Å². The highest BCUT2D eigenvalue weighted by Crippen LogP contribution is 2.32. The lowest BCUT2D eigenvalue weighted by Gasteiger charge is -2.28. The number of amides is 1. The molecule has 2 aliphatic rings. The fraction of sp³-hybridized carbons (Fsp3) is 0.588. The molecule has 0 aromatic carbocycles. The highest BCUT2D eigenvalue weighted by atomic mass is 32.2. The summed E-state index contributed by atoms with van der Waals surface area (Å²) < 4.78 is 25.0. The first-order valence-corrected chi connectivity index (χ1v) is 11.4. The molecule has 2 aromatic rings. The van der Waals surface area contributed by atoms with E-state index in [1.165, 1.54) is 22.2 Å². The van der Waals surface area contributed by atoms with Gasteiger partial charge in [0.15, 0.2) is 9.84 Å². The number of aromatic nitrogens is 2. The Morgan fingerprint density at radius 2 is 2.04 bits per heavy atom. The predicted octanol–water partition coefficient (Wildman–Crippen LogP) is 1.25. The number of thiophene rings is 1. The molecule has 1 aliphatic carbocycles. The van der Waals surface area contributed by atoms with Crippen LogP contribution in [0.5, 0.6) is 0 Å². The third-order valence-corrected chi connectivity index (χ3v) is 8.16. The van der Waals surface area contributed by atoms with Gasteiger partial charge >= 0.3 is 0 Å². The second-order valence-electron chi connectivity index (χ2n) is 7.23. The van der Waals surface area contributed by atoms with Crippen LogP contribution in [-0.2, 0) is 21.2 Å². The third-order valence-electron chi connectivity index (χ3n) is 5.29. The summed E-state index contributed by atoms with van der Waals surface area (Å²) in [6.45, 7) is 3.75. The molecule has 0 radical (unpaired) electrons. The second kappa shape index (κ2) is 6.16. The fourth-order valence-electron chi connectivity index (χ4n) is 3.66. The molecule has 0 bridgehead atoms. The molecule has 140 valence electrons. The highest BCUT2D eigenvalue weighted by molar-refractivity contribution is 7.91. The molecule has 4 rings (SSSR count). The van der Waals surface area contributed by atoms with Crippen molar-refractivity contribution in [3.8, 4) is 0 Å². The van der Waals surface area contributed by atoms with Crippen LogP contribution in [0.2, 0.25) is 0 Å². The summed E-state index contributed by atoms with van der Waals surface area (Å²) in [7, 11) is -3.07. The van der Waals surface area contributed by atoms with Crippen molar-refractivity contribution in [2.45, 2.75) is 51.7 Å². The molecule has 0 spiro atoms. The van der Waals surface area contributed by atoms with Crippen molar-refractivity contribution >= 4 is 37.3 Å². The van der Waals surface area contributed by atoms with Crippen LogP contribution in [0.3, 0.4) is 0 Å². The zero-order valence-electron chi connectivity index (χ0n) is 14.8. The molecular weight excluding hydrogens is 374 g/mol. The summed E-state index contributed by atoms with van der Waals surface area (Å²) in [5.74, 6) is -0.0262. The maximum Gasteiger partial charge on any atom is 0.262 e. The largest absolute Gasteiger partial charge is 0.334 e. The maximum atomic E-state index is 12.9. The third kappa shape index (κ3) is 3.07. The SMILES string of the molecule is Cc1sc2ncn(CC(=O)N(C3CC3)C3CCS(=O)(=O)C3)c(=O)c2c1C. The monoisotopic (exact) mass is 395 g/mol. The minimum absolute atomic E-state index is 0.0320. The van der Waals surface area contributed by atoms with Crippen LogP contribution in [0.4, 0.5) is 0 Å². The maximum absolute atomic E-state index is 12.9. The Hall–Kier alpha value is -1.74. The molecule has 2 aromatic heterocycles. The summed E-state index contributed by atoms with van der Waals surface area (Å²) in [4.78, 5) is 33.5. The van der Waals surface area contributed by atoms with Crippen LogP contribution in [-0.4, -0.2) is 52.4 Å². The first-order chi connectivity index (χ1) is 12.3. The van der Waals surface area contributed by atoms with Gasteiger partial charge in [0.25, 0.3) is 5.56 Å². The summed E-state index contributed by atoms with van der Waals surface area (Å²) in [6, 6.07) is -0.157. The second-order valence-corrected chi connectivity index (χ2v) is 10.7. The Balaban J connectivity index is 1.63. The van der Waals surface area contributed by atoms with Crippen LogP contribution < -0.4 is 5.56 Å². The topological polar surface area (TPSA) is 89.3 Å². The van der Waals surface area contributed by atoms with Gasteiger partial charge in [-0.15, -0.1) is 11.3 Å². The van der Waals surface area contributed by atoms with Crippen molar-refractivity contribution < 1.29 is 13.2 Å². The Morgan fingerprint density at radius 1 is 1.31 bits per heavy atom. The number of rotatable bonds is 4. The van der Waals surface area contributed by atoms with Gasteiger partial charge in [-0.1, -0.05) is 0 Å². The summed E-state index contributed by atoms with van der Waals surface area (Å²) >= 11 is 1.48. The molecule has 0 N–H and O–H groups in total. The predicted molar refractivity (Wildman–Crippen MR) is 100 cm³/mol. The van der Waals surface area contributed by atoms with E-state index in [9.17, 15) is 18.0 Å². The highest BCUT2D eigenvalue weighted by Gasteiger charge is 2.42. The van der Waals surface area contributed by atoms with Crippen molar-refractivity contribution in [2.75, 3.05) is 11.5 Å². The molecule has 1 atom stereocenters. The van der Waals surface area contributed by atoms with E-state index < -0.39 is 9.84 Å². The molecule has 1 aliphatic heterocycles. The molecular formula is C17H21N3O4S2. The Morgan fingerprint density at radius 3 is 2.65 bits per heavy atom. The minimum atomic E-state index is -3.07. The average molecular weight is 396 g/mol. The number of aryl methyl sites for hydroxylation is 2. The van der Waals surface area contributed by atoms with Gasteiger partial charge in [0.2, 0.25) is 5.91 Å². The van der Waals surface area contributed by atoms with Crippen LogP contribution in [0, 0.1) is 13.8 Å². The zero-order valence-corrected chi connectivity index (χ0v) is 16.4. The van der Waals surface area contributed by atoms with Crippen LogP contribution in [0.25, 0.3) is 10.2 Å². The minimum Gasteiger partial charge on any atom is -0.334 e.